The molecule has 0 bridgehead atoms. The van der Waals surface area contributed by atoms with Crippen molar-refractivity contribution in [3.8, 4) is 11.6 Å². The first-order valence-corrected chi connectivity index (χ1v) is 5.30. The lowest BCUT2D eigenvalue weighted by atomic mass is 10.3. The van der Waals surface area contributed by atoms with Crippen molar-refractivity contribution in [2.24, 2.45) is 0 Å². The van der Waals surface area contributed by atoms with Gasteiger partial charge in [0.1, 0.15) is 17.8 Å². The molecule has 0 spiro atoms. The molecule has 3 N–H and O–H groups in total. The van der Waals surface area contributed by atoms with E-state index in [2.05, 4.69) is 15.3 Å². The highest BCUT2D eigenvalue weighted by atomic mass is 16.5. The predicted molar refractivity (Wildman–Crippen MR) is 69.3 cm³/mol. The summed E-state index contributed by atoms with van der Waals surface area (Å²) >= 11 is 0. The Kier molecular flexibility index (Phi) is 3.47. The summed E-state index contributed by atoms with van der Waals surface area (Å²) in [5.41, 5.74) is 7.05. The van der Waals surface area contributed by atoms with Gasteiger partial charge in [0, 0.05) is 11.8 Å². The first kappa shape index (κ1) is 12.0. The largest absolute Gasteiger partial charge is 0.497 e. The lowest BCUT2D eigenvalue weighted by Crippen LogP contribution is -2.03. The van der Waals surface area contributed by atoms with Crippen molar-refractivity contribution in [2.75, 3.05) is 25.3 Å². The van der Waals surface area contributed by atoms with E-state index in [4.69, 9.17) is 15.2 Å². The van der Waals surface area contributed by atoms with Gasteiger partial charge < -0.3 is 20.5 Å². The minimum Gasteiger partial charge on any atom is -0.497 e. The Labute approximate surface area is 105 Å². The number of ether oxygens (including phenoxy) is 2. The van der Waals surface area contributed by atoms with Crippen molar-refractivity contribution in [1.29, 1.82) is 0 Å². The van der Waals surface area contributed by atoms with Crippen LogP contribution >= 0.6 is 0 Å². The molecule has 0 fully saturated rings. The van der Waals surface area contributed by atoms with Crippen LogP contribution in [-0.2, 0) is 0 Å². The molecule has 2 rings (SSSR count). The van der Waals surface area contributed by atoms with Crippen LogP contribution in [0.4, 0.5) is 17.2 Å². The quantitative estimate of drug-likeness (QED) is 0.856. The molecule has 0 saturated carbocycles. The molecule has 0 amide bonds. The number of hydrogen-bond donors (Lipinski definition) is 2. The third-order valence-corrected chi connectivity index (χ3v) is 2.37. The third-order valence-electron chi connectivity index (χ3n) is 2.37. The highest BCUT2D eigenvalue weighted by Gasteiger charge is 2.08. The Hall–Kier alpha value is -2.50. The van der Waals surface area contributed by atoms with E-state index in [1.807, 2.05) is 24.3 Å². The average Bonchev–Trinajstić information content (AvgIpc) is 2.41. The third kappa shape index (κ3) is 2.42. The van der Waals surface area contributed by atoms with Crippen LogP contribution in [0.3, 0.4) is 0 Å². The summed E-state index contributed by atoms with van der Waals surface area (Å²) in [6, 6.07) is 7.45. The zero-order chi connectivity index (χ0) is 13.0. The van der Waals surface area contributed by atoms with Crippen LogP contribution in [0.2, 0.25) is 0 Å². The molecule has 1 aromatic heterocycles. The molecule has 18 heavy (non-hydrogen) atoms. The molecule has 6 nitrogen and oxygen atoms in total. The number of anilines is 3. The summed E-state index contributed by atoms with van der Waals surface area (Å²) in [4.78, 5) is 7.98. The summed E-state index contributed by atoms with van der Waals surface area (Å²) in [5.74, 6) is 1.59. The number of nitrogens with zero attached hydrogens (tertiary/aromatic N) is 2. The second-order valence-electron chi connectivity index (χ2n) is 3.50. The molecular weight excluding hydrogens is 232 g/mol. The van der Waals surface area contributed by atoms with Gasteiger partial charge in [0.05, 0.1) is 14.2 Å². The van der Waals surface area contributed by atoms with Crippen molar-refractivity contribution in [1.82, 2.24) is 9.97 Å². The number of nitrogen functional groups attached to an aromatic ring is 1. The number of benzene rings is 1. The second-order valence-corrected chi connectivity index (χ2v) is 3.50. The molecule has 0 aliphatic rings. The van der Waals surface area contributed by atoms with Gasteiger partial charge in [0.15, 0.2) is 5.82 Å². The maximum atomic E-state index is 5.87. The van der Waals surface area contributed by atoms with Crippen LogP contribution in [0.1, 0.15) is 0 Å². The van der Waals surface area contributed by atoms with Gasteiger partial charge in [-0.2, -0.15) is 4.98 Å². The molecule has 0 unspecified atom stereocenters. The fourth-order valence-corrected chi connectivity index (χ4v) is 1.48. The van der Waals surface area contributed by atoms with E-state index in [0.717, 1.165) is 11.4 Å². The van der Waals surface area contributed by atoms with Crippen molar-refractivity contribution in [2.45, 2.75) is 0 Å². The summed E-state index contributed by atoms with van der Waals surface area (Å²) in [6.45, 7) is 0. The number of rotatable bonds is 4. The highest BCUT2D eigenvalue weighted by Crippen LogP contribution is 2.28. The summed E-state index contributed by atoms with van der Waals surface area (Å²) in [5, 5.41) is 3.09. The Balaban J connectivity index is 2.28. The lowest BCUT2D eigenvalue weighted by Gasteiger charge is -2.10. The first-order chi connectivity index (χ1) is 8.74. The van der Waals surface area contributed by atoms with Crippen molar-refractivity contribution < 1.29 is 9.47 Å². The van der Waals surface area contributed by atoms with Gasteiger partial charge in [-0.3, -0.25) is 0 Å². The summed E-state index contributed by atoms with van der Waals surface area (Å²) in [7, 11) is 3.12. The summed E-state index contributed by atoms with van der Waals surface area (Å²) < 4.78 is 10.2. The standard InChI is InChI=1S/C12H14N4O2/c1-17-9-5-3-4-8(6-9)16-11-10(13)12(18-2)15-7-14-11/h3-7H,13H2,1-2H3,(H,14,15,16). The Morgan fingerprint density at radius 3 is 2.72 bits per heavy atom. The van der Waals surface area contributed by atoms with Crippen molar-refractivity contribution in [3.05, 3.63) is 30.6 Å². The SMILES string of the molecule is COc1cccc(Nc2ncnc(OC)c2N)c1. The molecule has 0 atom stereocenters. The lowest BCUT2D eigenvalue weighted by molar-refractivity contribution is 0.399. The van der Waals surface area contributed by atoms with E-state index in [1.54, 1.807) is 7.11 Å². The number of nitrogens with one attached hydrogen (secondary N) is 1. The average molecular weight is 246 g/mol. The van der Waals surface area contributed by atoms with Gasteiger partial charge >= 0.3 is 0 Å². The first-order valence-electron chi connectivity index (χ1n) is 5.30. The van der Waals surface area contributed by atoms with E-state index in [1.165, 1.54) is 13.4 Å². The maximum absolute atomic E-state index is 5.87. The van der Waals surface area contributed by atoms with Gasteiger partial charge in [-0.15, -0.1) is 0 Å². The van der Waals surface area contributed by atoms with E-state index < -0.39 is 0 Å². The van der Waals surface area contributed by atoms with Gasteiger partial charge in [0.25, 0.3) is 0 Å². The second kappa shape index (κ2) is 5.22. The number of methoxy groups -OCH3 is 2. The zero-order valence-electron chi connectivity index (χ0n) is 10.2. The van der Waals surface area contributed by atoms with Crippen molar-refractivity contribution >= 4 is 17.2 Å². The van der Waals surface area contributed by atoms with Gasteiger partial charge in [0.2, 0.25) is 5.88 Å². The number of hydrogen-bond acceptors (Lipinski definition) is 6. The highest BCUT2D eigenvalue weighted by molar-refractivity contribution is 5.72. The predicted octanol–water partition coefficient (Wildman–Crippen LogP) is 1.82. The molecule has 0 radical (unpaired) electrons. The molecule has 0 aliphatic carbocycles. The fourth-order valence-electron chi connectivity index (χ4n) is 1.48. The van der Waals surface area contributed by atoms with Gasteiger partial charge in [-0.05, 0) is 12.1 Å². The Morgan fingerprint density at radius 2 is 2.00 bits per heavy atom. The molecule has 0 aliphatic heterocycles. The van der Waals surface area contributed by atoms with E-state index >= 15 is 0 Å². The van der Waals surface area contributed by atoms with Gasteiger partial charge in [-0.25, -0.2) is 4.98 Å². The van der Waals surface area contributed by atoms with Crippen LogP contribution in [0.25, 0.3) is 0 Å². The van der Waals surface area contributed by atoms with Crippen LogP contribution in [0, 0.1) is 0 Å². The normalized spacial score (nSPS) is 9.89. The minimum atomic E-state index is 0.343. The Bertz CT molecular complexity index is 545. The molecule has 2 aromatic rings. The Morgan fingerprint density at radius 1 is 1.17 bits per heavy atom. The van der Waals surface area contributed by atoms with Crippen LogP contribution in [0.5, 0.6) is 11.6 Å². The fraction of sp³-hybridized carbons (Fsp3) is 0.167. The van der Waals surface area contributed by atoms with Gasteiger partial charge in [-0.1, -0.05) is 6.07 Å². The van der Waals surface area contributed by atoms with E-state index in [9.17, 15) is 0 Å². The zero-order valence-corrected chi connectivity index (χ0v) is 10.2. The van der Waals surface area contributed by atoms with Crippen LogP contribution in [0.15, 0.2) is 30.6 Å². The van der Waals surface area contributed by atoms with E-state index in [-0.39, 0.29) is 0 Å². The molecular formula is C12H14N4O2. The monoisotopic (exact) mass is 246 g/mol. The molecule has 94 valence electrons. The summed E-state index contributed by atoms with van der Waals surface area (Å²) in [6.07, 6.45) is 1.39. The molecule has 1 aromatic carbocycles. The van der Waals surface area contributed by atoms with E-state index in [0.29, 0.717) is 17.4 Å². The minimum absolute atomic E-state index is 0.343. The van der Waals surface area contributed by atoms with Crippen molar-refractivity contribution in [3.63, 3.8) is 0 Å². The molecule has 1 heterocycles. The topological polar surface area (TPSA) is 82.3 Å². The smallest absolute Gasteiger partial charge is 0.242 e. The van der Waals surface area contributed by atoms with Crippen LogP contribution in [-0.4, -0.2) is 24.2 Å². The maximum Gasteiger partial charge on any atom is 0.242 e. The number of aromatic nitrogens is 2. The van der Waals surface area contributed by atoms with Crippen LogP contribution < -0.4 is 20.5 Å². The number of nitrogens with two attached hydrogens (primary N) is 1. The molecule has 0 saturated heterocycles. The molecule has 6 heteroatoms.